The minimum absolute atomic E-state index is 0.0183. The first-order valence-electron chi connectivity index (χ1n) is 9.29. The van der Waals surface area contributed by atoms with E-state index in [0.29, 0.717) is 26.3 Å². The number of nitrogens with zero attached hydrogens (tertiary/aromatic N) is 1. The van der Waals surface area contributed by atoms with Crippen LogP contribution in [0.2, 0.25) is 0 Å². The summed E-state index contributed by atoms with van der Waals surface area (Å²) in [7, 11) is 1.59. The second-order valence-corrected chi connectivity index (χ2v) is 6.73. The van der Waals surface area contributed by atoms with Crippen LogP contribution in [0.25, 0.3) is 0 Å². The van der Waals surface area contributed by atoms with Gasteiger partial charge in [-0.2, -0.15) is 13.2 Å². The lowest BCUT2D eigenvalue weighted by Crippen LogP contribution is -2.43. The number of benzene rings is 2. The van der Waals surface area contributed by atoms with Gasteiger partial charge in [-0.3, -0.25) is 9.69 Å². The molecule has 0 aliphatic carbocycles. The summed E-state index contributed by atoms with van der Waals surface area (Å²) in [6.07, 6.45) is -4.49. The van der Waals surface area contributed by atoms with Crippen LogP contribution >= 0.6 is 0 Å². The number of carbonyl (C=O) groups is 1. The summed E-state index contributed by atoms with van der Waals surface area (Å²) in [5.41, 5.74) is 0.123. The number of carbonyl (C=O) groups excluding carboxylic acids is 1. The van der Waals surface area contributed by atoms with E-state index < -0.39 is 17.6 Å². The number of alkyl halides is 3. The number of amides is 1. The first-order chi connectivity index (χ1) is 13.9. The van der Waals surface area contributed by atoms with Crippen molar-refractivity contribution in [3.05, 3.63) is 65.2 Å². The monoisotopic (exact) mass is 408 g/mol. The molecule has 0 bridgehead atoms. The molecule has 1 N–H and O–H groups in total. The van der Waals surface area contributed by atoms with E-state index in [4.69, 9.17) is 9.47 Å². The SMILES string of the molecule is COc1ccc([C@H](CNC(=O)c2cccc(C(F)(F)F)c2)N2CCOCC2)cc1. The van der Waals surface area contributed by atoms with E-state index in [1.165, 1.54) is 12.1 Å². The lowest BCUT2D eigenvalue weighted by atomic mass is 10.0. The summed E-state index contributed by atoms with van der Waals surface area (Å²) >= 11 is 0. The van der Waals surface area contributed by atoms with E-state index in [1.54, 1.807) is 7.11 Å². The van der Waals surface area contributed by atoms with Crippen molar-refractivity contribution in [2.75, 3.05) is 40.0 Å². The highest BCUT2D eigenvalue weighted by Gasteiger charge is 2.31. The highest BCUT2D eigenvalue weighted by atomic mass is 19.4. The molecule has 1 aliphatic rings. The number of methoxy groups -OCH3 is 1. The molecule has 29 heavy (non-hydrogen) atoms. The van der Waals surface area contributed by atoms with Crippen molar-refractivity contribution >= 4 is 5.91 Å². The molecule has 1 fully saturated rings. The summed E-state index contributed by atoms with van der Waals surface area (Å²) in [5.74, 6) is 0.186. The number of morpholine rings is 1. The lowest BCUT2D eigenvalue weighted by Gasteiger charge is -2.35. The van der Waals surface area contributed by atoms with E-state index in [0.717, 1.165) is 23.4 Å². The zero-order chi connectivity index (χ0) is 20.9. The van der Waals surface area contributed by atoms with Crippen LogP contribution in [-0.4, -0.2) is 50.8 Å². The van der Waals surface area contributed by atoms with Crippen LogP contribution in [-0.2, 0) is 10.9 Å². The number of hydrogen-bond donors (Lipinski definition) is 1. The Bertz CT molecular complexity index is 819. The van der Waals surface area contributed by atoms with Crippen molar-refractivity contribution in [1.82, 2.24) is 10.2 Å². The number of rotatable bonds is 6. The Morgan fingerprint density at radius 3 is 2.48 bits per heavy atom. The standard InChI is InChI=1S/C21H23F3N2O3/c1-28-18-7-5-15(6-8-18)19(26-9-11-29-12-10-26)14-25-20(27)16-3-2-4-17(13-16)21(22,23)24/h2-8,13,19H,9-12,14H2,1H3,(H,25,27)/t19-/m0/s1. The summed E-state index contributed by atoms with van der Waals surface area (Å²) < 4.78 is 49.3. The smallest absolute Gasteiger partial charge is 0.416 e. The van der Waals surface area contributed by atoms with Gasteiger partial charge < -0.3 is 14.8 Å². The Morgan fingerprint density at radius 1 is 1.17 bits per heavy atom. The summed E-state index contributed by atoms with van der Waals surface area (Å²) in [6, 6.07) is 11.8. The van der Waals surface area contributed by atoms with Crippen LogP contribution in [0.1, 0.15) is 27.5 Å². The third kappa shape index (κ3) is 5.48. The van der Waals surface area contributed by atoms with Gasteiger partial charge in [0.15, 0.2) is 0 Å². The molecule has 156 valence electrons. The van der Waals surface area contributed by atoms with Gasteiger partial charge in [-0.25, -0.2) is 0 Å². The molecule has 0 radical (unpaired) electrons. The topological polar surface area (TPSA) is 50.8 Å². The van der Waals surface area contributed by atoms with Crippen molar-refractivity contribution in [2.24, 2.45) is 0 Å². The maximum absolute atomic E-state index is 12.9. The van der Waals surface area contributed by atoms with E-state index in [-0.39, 0.29) is 18.2 Å². The average molecular weight is 408 g/mol. The van der Waals surface area contributed by atoms with Gasteiger partial charge in [-0.1, -0.05) is 18.2 Å². The zero-order valence-electron chi connectivity index (χ0n) is 16.0. The molecule has 1 amide bonds. The molecular weight excluding hydrogens is 385 g/mol. The number of nitrogens with one attached hydrogen (secondary N) is 1. The van der Waals surface area contributed by atoms with Crippen LogP contribution in [0.3, 0.4) is 0 Å². The van der Waals surface area contributed by atoms with Gasteiger partial charge in [0.25, 0.3) is 5.91 Å². The third-order valence-corrected chi connectivity index (χ3v) is 4.90. The predicted molar refractivity (Wildman–Crippen MR) is 102 cm³/mol. The van der Waals surface area contributed by atoms with Gasteiger partial charge in [-0.15, -0.1) is 0 Å². The first kappa shape index (κ1) is 21.1. The normalized spacial score (nSPS) is 16.3. The van der Waals surface area contributed by atoms with Gasteiger partial charge in [0.1, 0.15) is 5.75 Å². The number of halogens is 3. The fourth-order valence-corrected chi connectivity index (χ4v) is 3.30. The van der Waals surface area contributed by atoms with Gasteiger partial charge in [0.05, 0.1) is 31.9 Å². The van der Waals surface area contributed by atoms with Crippen LogP contribution < -0.4 is 10.1 Å². The Labute approximate surface area is 167 Å². The maximum atomic E-state index is 12.9. The molecule has 2 aromatic carbocycles. The van der Waals surface area contributed by atoms with Crippen LogP contribution in [0.4, 0.5) is 13.2 Å². The second kappa shape index (κ2) is 9.28. The molecule has 0 aromatic heterocycles. The molecule has 1 heterocycles. The van der Waals surface area contributed by atoms with E-state index in [9.17, 15) is 18.0 Å². The minimum atomic E-state index is -4.49. The largest absolute Gasteiger partial charge is 0.497 e. The summed E-state index contributed by atoms with van der Waals surface area (Å²) in [5, 5.41) is 2.78. The van der Waals surface area contributed by atoms with Crippen LogP contribution in [0, 0.1) is 0 Å². The fraction of sp³-hybridized carbons (Fsp3) is 0.381. The summed E-state index contributed by atoms with van der Waals surface area (Å²) in [6.45, 7) is 2.86. The number of hydrogen-bond acceptors (Lipinski definition) is 4. The first-order valence-corrected chi connectivity index (χ1v) is 9.29. The fourth-order valence-electron chi connectivity index (χ4n) is 3.30. The molecule has 1 saturated heterocycles. The van der Waals surface area contributed by atoms with Gasteiger partial charge in [0, 0.05) is 25.2 Å². The maximum Gasteiger partial charge on any atom is 0.416 e. The van der Waals surface area contributed by atoms with Crippen molar-refractivity contribution in [2.45, 2.75) is 12.2 Å². The predicted octanol–water partition coefficient (Wildman–Crippen LogP) is 3.52. The highest BCUT2D eigenvalue weighted by Crippen LogP contribution is 2.29. The molecular formula is C21H23F3N2O3. The second-order valence-electron chi connectivity index (χ2n) is 6.73. The zero-order valence-corrected chi connectivity index (χ0v) is 16.0. The average Bonchev–Trinajstić information content (AvgIpc) is 2.74. The number of ether oxygens (including phenoxy) is 2. The van der Waals surface area contributed by atoms with E-state index >= 15 is 0 Å². The molecule has 0 saturated carbocycles. The van der Waals surface area contributed by atoms with E-state index in [2.05, 4.69) is 10.2 Å². The molecule has 1 atom stereocenters. The Kier molecular flexibility index (Phi) is 6.76. The molecule has 8 heteroatoms. The minimum Gasteiger partial charge on any atom is -0.497 e. The van der Waals surface area contributed by atoms with Crippen LogP contribution in [0.15, 0.2) is 48.5 Å². The van der Waals surface area contributed by atoms with Gasteiger partial charge in [-0.05, 0) is 35.9 Å². The molecule has 0 spiro atoms. The lowest BCUT2D eigenvalue weighted by molar-refractivity contribution is -0.137. The quantitative estimate of drug-likeness (QED) is 0.795. The van der Waals surface area contributed by atoms with Crippen molar-refractivity contribution in [1.29, 1.82) is 0 Å². The Hall–Kier alpha value is -2.58. The van der Waals surface area contributed by atoms with Crippen molar-refractivity contribution < 1.29 is 27.4 Å². The van der Waals surface area contributed by atoms with Crippen LogP contribution in [0.5, 0.6) is 5.75 Å². The summed E-state index contributed by atoms with van der Waals surface area (Å²) in [4.78, 5) is 14.7. The molecule has 1 aliphatic heterocycles. The van der Waals surface area contributed by atoms with Crippen molar-refractivity contribution in [3.63, 3.8) is 0 Å². The van der Waals surface area contributed by atoms with E-state index in [1.807, 2.05) is 24.3 Å². The molecule has 0 unspecified atom stereocenters. The molecule has 2 aromatic rings. The van der Waals surface area contributed by atoms with Gasteiger partial charge in [0.2, 0.25) is 0 Å². The Balaban J connectivity index is 1.74. The van der Waals surface area contributed by atoms with Crippen molar-refractivity contribution in [3.8, 4) is 5.75 Å². The molecule has 5 nitrogen and oxygen atoms in total. The van der Waals surface area contributed by atoms with Gasteiger partial charge >= 0.3 is 6.18 Å². The highest BCUT2D eigenvalue weighted by molar-refractivity contribution is 5.94. The third-order valence-electron chi connectivity index (χ3n) is 4.90. The Morgan fingerprint density at radius 2 is 1.86 bits per heavy atom. The molecule has 3 rings (SSSR count).